The van der Waals surface area contributed by atoms with Gasteiger partial charge in [-0.15, -0.1) is 0 Å². The summed E-state index contributed by atoms with van der Waals surface area (Å²) in [5.74, 6) is -3.22. The number of alkyl halides is 2. The van der Waals surface area contributed by atoms with Crippen molar-refractivity contribution in [1.82, 2.24) is 15.3 Å². The maximum Gasteiger partial charge on any atom is 0.387 e. The Bertz CT molecular complexity index is 1690. The highest BCUT2D eigenvalue weighted by Gasteiger charge is 2.47. The number of ether oxygens (including phenoxy) is 2. The van der Waals surface area contributed by atoms with Crippen LogP contribution in [0.15, 0.2) is 42.6 Å². The van der Waals surface area contributed by atoms with E-state index < -0.39 is 34.8 Å². The smallest absolute Gasteiger partial charge is 0.387 e. The average molecular weight is 618 g/mol. The molecule has 2 aromatic carbocycles. The fourth-order valence-corrected chi connectivity index (χ4v) is 5.27. The van der Waals surface area contributed by atoms with Crippen LogP contribution in [-0.4, -0.2) is 40.7 Å². The molecule has 4 aromatic rings. The molecule has 5 rings (SSSR count). The summed E-state index contributed by atoms with van der Waals surface area (Å²) in [7, 11) is 0. The monoisotopic (exact) mass is 617 g/mol. The van der Waals surface area contributed by atoms with Gasteiger partial charge in [-0.3, -0.25) is 9.78 Å². The van der Waals surface area contributed by atoms with Crippen LogP contribution in [0.2, 0.25) is 5.02 Å². The lowest BCUT2D eigenvalue weighted by Crippen LogP contribution is -2.43. The molecule has 1 fully saturated rings. The maximum absolute atomic E-state index is 14.3. The summed E-state index contributed by atoms with van der Waals surface area (Å²) in [6.45, 7) is 2.11. The lowest BCUT2D eigenvalue weighted by atomic mass is 9.90. The molecule has 7 nitrogen and oxygen atoms in total. The predicted molar refractivity (Wildman–Crippen MR) is 153 cm³/mol. The average Bonchev–Trinajstić information content (AvgIpc) is 3.81. The van der Waals surface area contributed by atoms with Crippen molar-refractivity contribution in [1.29, 1.82) is 0 Å². The van der Waals surface area contributed by atoms with Crippen molar-refractivity contribution < 1.29 is 36.9 Å². The number of carbonyl (C=O) groups excluding carboxylic acids is 1. The summed E-state index contributed by atoms with van der Waals surface area (Å²) in [6.07, 6.45) is 2.81. The van der Waals surface area contributed by atoms with Crippen LogP contribution < -0.4 is 14.8 Å². The molecule has 0 saturated heterocycles. The number of halogens is 5. The summed E-state index contributed by atoms with van der Waals surface area (Å²) < 4.78 is 65.0. The Labute approximate surface area is 249 Å². The Morgan fingerprint density at radius 3 is 2.56 bits per heavy atom. The molecule has 1 aliphatic carbocycles. The molecule has 43 heavy (non-hydrogen) atoms. The first-order chi connectivity index (χ1) is 20.4. The molecule has 226 valence electrons. The molecule has 0 bridgehead atoms. The van der Waals surface area contributed by atoms with Crippen LogP contribution in [0.4, 0.5) is 17.6 Å². The third kappa shape index (κ3) is 6.23. The molecule has 0 radical (unpaired) electrons. The highest BCUT2D eigenvalue weighted by atomic mass is 35.5. The van der Waals surface area contributed by atoms with Gasteiger partial charge in [0.2, 0.25) is 0 Å². The van der Waals surface area contributed by atoms with E-state index in [1.165, 1.54) is 24.4 Å². The number of hydrogen-bond acceptors (Lipinski definition) is 6. The third-order valence-corrected chi connectivity index (χ3v) is 7.56. The van der Waals surface area contributed by atoms with Gasteiger partial charge in [0.1, 0.15) is 22.6 Å². The van der Waals surface area contributed by atoms with Crippen molar-refractivity contribution >= 4 is 28.4 Å². The van der Waals surface area contributed by atoms with E-state index >= 15 is 0 Å². The Morgan fingerprint density at radius 2 is 1.91 bits per heavy atom. The van der Waals surface area contributed by atoms with Gasteiger partial charge in [0.15, 0.2) is 17.4 Å². The minimum atomic E-state index is -3.13. The Balaban J connectivity index is 1.51. The number of aromatic nitrogens is 2. The molecule has 2 heterocycles. The quantitative estimate of drug-likeness (QED) is 0.149. The van der Waals surface area contributed by atoms with Gasteiger partial charge in [0, 0.05) is 22.7 Å². The van der Waals surface area contributed by atoms with E-state index in [1.54, 1.807) is 32.9 Å². The number of amides is 1. The largest absolute Gasteiger partial charge is 0.491 e. The summed E-state index contributed by atoms with van der Waals surface area (Å²) in [6, 6.07) is 8.16. The fourth-order valence-electron chi connectivity index (χ4n) is 5.06. The number of pyridine rings is 2. The number of nitrogens with one attached hydrogen (secondary N) is 1. The zero-order valence-electron chi connectivity index (χ0n) is 23.5. The Morgan fingerprint density at radius 1 is 1.16 bits per heavy atom. The molecule has 1 aliphatic rings. The van der Waals surface area contributed by atoms with E-state index in [0.717, 1.165) is 11.6 Å². The molecule has 1 atom stereocenters. The first-order valence-electron chi connectivity index (χ1n) is 13.6. The molecule has 0 spiro atoms. The van der Waals surface area contributed by atoms with E-state index in [2.05, 4.69) is 20.0 Å². The van der Waals surface area contributed by atoms with Crippen LogP contribution >= 0.6 is 11.6 Å². The van der Waals surface area contributed by atoms with Gasteiger partial charge in [-0.2, -0.15) is 8.78 Å². The van der Waals surface area contributed by atoms with Gasteiger partial charge in [-0.25, -0.2) is 13.8 Å². The van der Waals surface area contributed by atoms with E-state index in [4.69, 9.17) is 16.3 Å². The second-order valence-electron chi connectivity index (χ2n) is 10.5. The van der Waals surface area contributed by atoms with Crippen molar-refractivity contribution in [2.45, 2.75) is 45.8 Å². The normalized spacial score (nSPS) is 14.6. The van der Waals surface area contributed by atoms with Crippen LogP contribution in [0.1, 0.15) is 46.9 Å². The number of aryl methyl sites for hydroxylation is 2. The lowest BCUT2D eigenvalue weighted by Gasteiger charge is -2.29. The second-order valence-corrected chi connectivity index (χ2v) is 10.9. The summed E-state index contributed by atoms with van der Waals surface area (Å²) >= 11 is 5.92. The van der Waals surface area contributed by atoms with Gasteiger partial charge in [-0.05, 0) is 87.1 Å². The van der Waals surface area contributed by atoms with Crippen molar-refractivity contribution in [2.24, 2.45) is 5.92 Å². The van der Waals surface area contributed by atoms with Gasteiger partial charge in [-0.1, -0.05) is 11.6 Å². The molecule has 12 heteroatoms. The molecule has 1 saturated carbocycles. The summed E-state index contributed by atoms with van der Waals surface area (Å²) in [4.78, 5) is 22.1. The zero-order valence-corrected chi connectivity index (χ0v) is 24.2. The predicted octanol–water partition coefficient (Wildman–Crippen LogP) is 6.87. The third-order valence-electron chi connectivity index (χ3n) is 7.28. The number of fused-ring (bicyclic) bond motifs is 1. The van der Waals surface area contributed by atoms with Crippen LogP contribution in [0, 0.1) is 31.4 Å². The molecule has 1 amide bonds. The van der Waals surface area contributed by atoms with E-state index in [-0.39, 0.29) is 52.9 Å². The lowest BCUT2D eigenvalue weighted by molar-refractivity contribution is -0.0489. The first-order valence-corrected chi connectivity index (χ1v) is 13.9. The minimum Gasteiger partial charge on any atom is -0.491 e. The van der Waals surface area contributed by atoms with E-state index in [0.29, 0.717) is 29.5 Å². The van der Waals surface area contributed by atoms with Gasteiger partial charge >= 0.3 is 6.61 Å². The number of carbonyl (C=O) groups is 1. The Kier molecular flexibility index (Phi) is 8.49. The molecular weight excluding hydrogens is 590 g/mol. The van der Waals surface area contributed by atoms with Crippen LogP contribution in [0.3, 0.4) is 0 Å². The molecule has 2 aromatic heterocycles. The van der Waals surface area contributed by atoms with Gasteiger partial charge in [0.05, 0.1) is 23.9 Å². The highest BCUT2D eigenvalue weighted by molar-refractivity contribution is 6.31. The second kappa shape index (κ2) is 12.0. The number of benzene rings is 2. The van der Waals surface area contributed by atoms with E-state index in [9.17, 15) is 27.5 Å². The zero-order chi connectivity index (χ0) is 31.1. The fraction of sp³-hybridized carbons (Fsp3) is 0.323. The number of nitrogens with zero attached hydrogens (tertiary/aromatic N) is 2. The SMILES string of the molecule is CCOc1c(C)cc([C@@](O)(CNC(=O)c2cc(OC(F)F)c3ncc(C)cc3c2)C2CC2)nc1-c1cc(F)c(F)c(Cl)c1. The van der Waals surface area contributed by atoms with Crippen molar-refractivity contribution in [2.75, 3.05) is 13.2 Å². The van der Waals surface area contributed by atoms with Gasteiger partial charge < -0.3 is 19.9 Å². The van der Waals surface area contributed by atoms with E-state index in [1.807, 2.05) is 0 Å². The Hall–Kier alpha value is -3.96. The standard InChI is InChI=1S/C31H28ClF4N3O4/c1-4-42-28-16(3)8-24(39-27(28)18-10-21(32)25(34)22(33)11-18)31(41,20-5-6-20)14-38-29(40)19-9-17-7-15(2)13-37-26(17)23(12-19)43-30(35)36/h7-13,20,30,41H,4-6,14H2,1-3H3,(H,38,40)/t31-/m1/s1. The minimum absolute atomic E-state index is 0.0293. The summed E-state index contributed by atoms with van der Waals surface area (Å²) in [5.41, 5.74) is 0.357. The molecular formula is C31H28ClF4N3O4. The molecule has 0 aliphatic heterocycles. The first kappa shape index (κ1) is 30.5. The van der Waals surface area contributed by atoms with Crippen molar-refractivity contribution in [3.05, 3.63) is 81.6 Å². The van der Waals surface area contributed by atoms with Crippen LogP contribution in [0.5, 0.6) is 11.5 Å². The number of hydrogen-bond donors (Lipinski definition) is 2. The van der Waals surface area contributed by atoms with Crippen LogP contribution in [-0.2, 0) is 5.60 Å². The van der Waals surface area contributed by atoms with Crippen molar-refractivity contribution in [3.63, 3.8) is 0 Å². The van der Waals surface area contributed by atoms with Crippen LogP contribution in [0.25, 0.3) is 22.2 Å². The summed E-state index contributed by atoms with van der Waals surface area (Å²) in [5, 5.41) is 14.7. The molecule has 0 unspecified atom stereocenters. The molecule has 2 N–H and O–H groups in total. The number of aliphatic hydroxyl groups is 1. The maximum atomic E-state index is 14.3. The number of rotatable bonds is 10. The topological polar surface area (TPSA) is 93.6 Å². The van der Waals surface area contributed by atoms with Gasteiger partial charge in [0.25, 0.3) is 5.91 Å². The highest BCUT2D eigenvalue weighted by Crippen LogP contribution is 2.47. The van der Waals surface area contributed by atoms with Crippen molar-refractivity contribution in [3.8, 4) is 22.8 Å².